The molecule has 0 atom stereocenters. The van der Waals surface area contributed by atoms with Gasteiger partial charge < -0.3 is 15.8 Å². The average molecular weight is 322 g/mol. The molecule has 0 aromatic heterocycles. The van der Waals surface area contributed by atoms with Crippen molar-refractivity contribution < 1.29 is 14.5 Å². The van der Waals surface area contributed by atoms with Crippen LogP contribution in [0.5, 0.6) is 0 Å². The number of anilines is 1. The van der Waals surface area contributed by atoms with Crippen molar-refractivity contribution in [3.8, 4) is 0 Å². The minimum absolute atomic E-state index is 0.113. The van der Waals surface area contributed by atoms with E-state index in [9.17, 15) is 14.9 Å². The number of nitrogens with two attached hydrogens (primary N) is 1. The molecule has 1 heterocycles. The summed E-state index contributed by atoms with van der Waals surface area (Å²) in [7, 11) is 0. The number of ether oxygens (including phenoxy) is 1. The topological polar surface area (TPSA) is 111 Å². The molecule has 0 unspecified atom stereocenters. The highest BCUT2D eigenvalue weighted by atomic mass is 16.6. The van der Waals surface area contributed by atoms with Crippen molar-refractivity contribution in [2.45, 2.75) is 19.9 Å². The van der Waals surface area contributed by atoms with Crippen LogP contribution in [0.3, 0.4) is 0 Å². The lowest BCUT2D eigenvalue weighted by Gasteiger charge is -2.27. The molecule has 1 saturated heterocycles. The number of amides is 1. The van der Waals surface area contributed by atoms with Crippen LogP contribution in [0.15, 0.2) is 12.1 Å². The number of nitro benzene ring substituents is 1. The second kappa shape index (κ2) is 7.89. The highest BCUT2D eigenvalue weighted by molar-refractivity contribution is 5.95. The Morgan fingerprint density at radius 3 is 2.70 bits per heavy atom. The molecule has 0 radical (unpaired) electrons. The number of benzene rings is 1. The Labute approximate surface area is 134 Å². The first-order valence-electron chi connectivity index (χ1n) is 7.68. The number of nitrogens with zero attached hydrogens (tertiary/aromatic N) is 2. The van der Waals surface area contributed by atoms with E-state index in [-0.39, 0.29) is 11.3 Å². The van der Waals surface area contributed by atoms with E-state index in [1.54, 1.807) is 6.07 Å². The van der Waals surface area contributed by atoms with Crippen LogP contribution in [0, 0.1) is 10.1 Å². The second-order valence-corrected chi connectivity index (χ2v) is 5.47. The maximum Gasteiger partial charge on any atom is 0.293 e. The predicted octanol–water partition coefficient (Wildman–Crippen LogP) is 1.35. The van der Waals surface area contributed by atoms with Crippen molar-refractivity contribution in [2.24, 2.45) is 5.73 Å². The molecule has 0 saturated carbocycles. The number of carbonyl (C=O) groups excluding carboxylic acids is 1. The Morgan fingerprint density at radius 1 is 1.43 bits per heavy atom. The van der Waals surface area contributed by atoms with E-state index in [1.165, 1.54) is 6.07 Å². The zero-order chi connectivity index (χ0) is 16.8. The summed E-state index contributed by atoms with van der Waals surface area (Å²) < 4.78 is 5.32. The molecular weight excluding hydrogens is 300 g/mol. The van der Waals surface area contributed by atoms with Gasteiger partial charge in [-0.25, -0.2) is 0 Å². The average Bonchev–Trinajstić information content (AvgIpc) is 2.53. The van der Waals surface area contributed by atoms with Crippen LogP contribution < -0.4 is 11.1 Å². The molecule has 126 valence electrons. The van der Waals surface area contributed by atoms with Crippen LogP contribution >= 0.6 is 0 Å². The van der Waals surface area contributed by atoms with E-state index in [1.807, 2.05) is 6.92 Å². The van der Waals surface area contributed by atoms with Crippen LogP contribution in [0.4, 0.5) is 11.4 Å². The molecule has 0 aliphatic carbocycles. The fourth-order valence-corrected chi connectivity index (χ4v) is 2.55. The molecular formula is C15H22N4O4. The minimum atomic E-state index is -0.668. The number of nitro groups is 1. The van der Waals surface area contributed by atoms with Crippen LogP contribution in [0.25, 0.3) is 0 Å². The largest absolute Gasteiger partial charge is 0.379 e. The molecule has 1 aromatic carbocycles. The Balaban J connectivity index is 2.40. The molecule has 23 heavy (non-hydrogen) atoms. The number of hydrogen-bond donors (Lipinski definition) is 2. The van der Waals surface area contributed by atoms with Crippen molar-refractivity contribution in [3.05, 3.63) is 33.4 Å². The third-order valence-electron chi connectivity index (χ3n) is 3.73. The number of primary amides is 1. The van der Waals surface area contributed by atoms with Crippen LogP contribution in [-0.4, -0.2) is 48.6 Å². The van der Waals surface area contributed by atoms with E-state index >= 15 is 0 Å². The zero-order valence-electron chi connectivity index (χ0n) is 13.2. The maximum absolute atomic E-state index is 11.5. The standard InChI is InChI=1S/C15H22N4O4/c1-2-3-17-14-12(10-18-4-6-23-7-5-18)8-11(15(16)20)9-13(14)19(21)22/h8-9,17H,2-7,10H2,1H3,(H2,16,20). The number of nitrogens with one attached hydrogen (secondary N) is 1. The van der Waals surface area contributed by atoms with Crippen molar-refractivity contribution >= 4 is 17.3 Å². The first kappa shape index (κ1) is 17.2. The van der Waals surface area contributed by atoms with Crippen LogP contribution in [0.2, 0.25) is 0 Å². The van der Waals surface area contributed by atoms with E-state index in [4.69, 9.17) is 10.5 Å². The molecule has 0 spiro atoms. The Morgan fingerprint density at radius 2 is 2.13 bits per heavy atom. The predicted molar refractivity (Wildman–Crippen MR) is 86.5 cm³/mol. The van der Waals surface area contributed by atoms with Gasteiger partial charge >= 0.3 is 0 Å². The van der Waals surface area contributed by atoms with E-state index in [2.05, 4.69) is 10.2 Å². The van der Waals surface area contributed by atoms with Gasteiger partial charge in [0.2, 0.25) is 5.91 Å². The molecule has 1 aliphatic heterocycles. The van der Waals surface area contributed by atoms with Gasteiger partial charge in [-0.1, -0.05) is 6.92 Å². The molecule has 1 fully saturated rings. The molecule has 8 nitrogen and oxygen atoms in total. The summed E-state index contributed by atoms with van der Waals surface area (Å²) in [6.07, 6.45) is 0.839. The molecule has 8 heteroatoms. The zero-order valence-corrected chi connectivity index (χ0v) is 13.2. The lowest BCUT2D eigenvalue weighted by atomic mass is 10.0. The summed E-state index contributed by atoms with van der Waals surface area (Å²) in [4.78, 5) is 24.5. The minimum Gasteiger partial charge on any atom is -0.379 e. The second-order valence-electron chi connectivity index (χ2n) is 5.47. The number of carbonyl (C=O) groups is 1. The van der Waals surface area contributed by atoms with Crippen molar-refractivity contribution in [1.29, 1.82) is 0 Å². The van der Waals surface area contributed by atoms with Gasteiger partial charge in [0, 0.05) is 37.8 Å². The molecule has 1 aromatic rings. The van der Waals surface area contributed by atoms with Gasteiger partial charge in [0.15, 0.2) is 0 Å². The molecule has 2 rings (SSSR count). The lowest BCUT2D eigenvalue weighted by molar-refractivity contribution is -0.384. The third kappa shape index (κ3) is 4.40. The Bertz CT molecular complexity index is 585. The molecule has 1 aliphatic rings. The lowest BCUT2D eigenvalue weighted by Crippen LogP contribution is -2.36. The highest BCUT2D eigenvalue weighted by Crippen LogP contribution is 2.31. The van der Waals surface area contributed by atoms with Gasteiger partial charge in [-0.05, 0) is 18.1 Å². The Hall–Kier alpha value is -2.19. The maximum atomic E-state index is 11.5. The quantitative estimate of drug-likeness (QED) is 0.579. The summed E-state index contributed by atoms with van der Waals surface area (Å²) in [6.45, 7) is 5.89. The molecule has 0 bridgehead atoms. The first-order valence-corrected chi connectivity index (χ1v) is 7.68. The number of morpholine rings is 1. The molecule has 1 amide bonds. The van der Waals surface area contributed by atoms with Gasteiger partial charge in [-0.3, -0.25) is 19.8 Å². The van der Waals surface area contributed by atoms with Crippen molar-refractivity contribution in [1.82, 2.24) is 4.90 Å². The Kier molecular flexibility index (Phi) is 5.89. The summed E-state index contributed by atoms with van der Waals surface area (Å²) in [5.74, 6) is -0.668. The van der Waals surface area contributed by atoms with Crippen LogP contribution in [0.1, 0.15) is 29.3 Å². The SMILES string of the molecule is CCCNc1c(CN2CCOCC2)cc(C(N)=O)cc1[N+](=O)[O-]. The highest BCUT2D eigenvalue weighted by Gasteiger charge is 2.23. The van der Waals surface area contributed by atoms with Crippen molar-refractivity contribution in [3.63, 3.8) is 0 Å². The van der Waals surface area contributed by atoms with E-state index in [0.717, 1.165) is 19.5 Å². The van der Waals surface area contributed by atoms with E-state index in [0.29, 0.717) is 37.6 Å². The summed E-state index contributed by atoms with van der Waals surface area (Å²) >= 11 is 0. The monoisotopic (exact) mass is 322 g/mol. The van der Waals surface area contributed by atoms with Gasteiger partial charge in [0.1, 0.15) is 5.69 Å². The van der Waals surface area contributed by atoms with Gasteiger partial charge in [-0.2, -0.15) is 0 Å². The molecule has 3 N–H and O–H groups in total. The fraction of sp³-hybridized carbons (Fsp3) is 0.533. The van der Waals surface area contributed by atoms with E-state index < -0.39 is 10.8 Å². The first-order chi connectivity index (χ1) is 11.0. The number of rotatable bonds is 7. The normalized spacial score (nSPS) is 15.3. The van der Waals surface area contributed by atoms with Crippen molar-refractivity contribution in [2.75, 3.05) is 38.2 Å². The van der Waals surface area contributed by atoms with Gasteiger partial charge in [0.05, 0.1) is 18.1 Å². The fourth-order valence-electron chi connectivity index (χ4n) is 2.55. The summed E-state index contributed by atoms with van der Waals surface area (Å²) in [6, 6.07) is 2.88. The third-order valence-corrected chi connectivity index (χ3v) is 3.73. The smallest absolute Gasteiger partial charge is 0.293 e. The summed E-state index contributed by atoms with van der Waals surface area (Å²) in [5, 5.41) is 14.5. The van der Waals surface area contributed by atoms with Gasteiger partial charge in [0.25, 0.3) is 5.69 Å². The summed E-state index contributed by atoms with van der Waals surface area (Å²) in [5.41, 5.74) is 6.54. The van der Waals surface area contributed by atoms with Gasteiger partial charge in [-0.15, -0.1) is 0 Å². The van der Waals surface area contributed by atoms with Crippen LogP contribution in [-0.2, 0) is 11.3 Å². The number of hydrogen-bond acceptors (Lipinski definition) is 6.